The molecule has 0 unspecified atom stereocenters. The molecule has 0 radical (unpaired) electrons. The topological polar surface area (TPSA) is 116 Å². The highest BCUT2D eigenvalue weighted by atomic mass is 35.5. The van der Waals surface area contributed by atoms with Crippen molar-refractivity contribution in [1.29, 1.82) is 0 Å². The van der Waals surface area contributed by atoms with E-state index in [4.69, 9.17) is 22.1 Å². The van der Waals surface area contributed by atoms with Gasteiger partial charge in [-0.25, -0.2) is 8.42 Å². The number of amides is 1. The number of ketones is 1. The number of sulfonamides is 1. The summed E-state index contributed by atoms with van der Waals surface area (Å²) >= 11 is 6.07. The Balaban J connectivity index is 2.33. The Morgan fingerprint density at radius 3 is 2.35 bits per heavy atom. The SMILES string of the molecule is CC(=O)c1ccc(NS(=O)(=O)c2cc(OCC(N)=O)c(C)cc2Cl)cc1. The van der Waals surface area contributed by atoms with E-state index in [1.807, 2.05) is 0 Å². The molecule has 0 aromatic heterocycles. The Labute approximate surface area is 156 Å². The fourth-order valence-electron chi connectivity index (χ4n) is 2.13. The van der Waals surface area contributed by atoms with Crippen molar-refractivity contribution in [2.75, 3.05) is 11.3 Å². The smallest absolute Gasteiger partial charge is 0.263 e. The van der Waals surface area contributed by atoms with E-state index in [0.29, 0.717) is 11.1 Å². The normalized spacial score (nSPS) is 11.0. The van der Waals surface area contributed by atoms with Gasteiger partial charge in [-0.3, -0.25) is 14.3 Å². The van der Waals surface area contributed by atoms with Crippen LogP contribution in [0.4, 0.5) is 5.69 Å². The summed E-state index contributed by atoms with van der Waals surface area (Å²) in [6, 6.07) is 8.62. The molecule has 3 N–H and O–H groups in total. The molecule has 7 nitrogen and oxygen atoms in total. The van der Waals surface area contributed by atoms with Gasteiger partial charge in [0.1, 0.15) is 10.6 Å². The second kappa shape index (κ2) is 7.76. The number of carbonyl (C=O) groups excluding carboxylic acids is 2. The molecule has 0 heterocycles. The summed E-state index contributed by atoms with van der Waals surface area (Å²) in [5.74, 6) is -0.634. The van der Waals surface area contributed by atoms with E-state index in [1.54, 1.807) is 6.92 Å². The van der Waals surface area contributed by atoms with E-state index >= 15 is 0 Å². The number of hydrogen-bond donors (Lipinski definition) is 2. The van der Waals surface area contributed by atoms with E-state index in [-0.39, 0.29) is 33.7 Å². The molecule has 0 aliphatic rings. The minimum Gasteiger partial charge on any atom is -0.483 e. The van der Waals surface area contributed by atoms with Gasteiger partial charge < -0.3 is 10.5 Å². The van der Waals surface area contributed by atoms with Crippen LogP contribution in [0.5, 0.6) is 5.75 Å². The molecule has 1 amide bonds. The molecule has 0 aliphatic heterocycles. The Morgan fingerprint density at radius 1 is 1.19 bits per heavy atom. The first-order valence-corrected chi connectivity index (χ1v) is 9.31. The van der Waals surface area contributed by atoms with E-state index in [1.165, 1.54) is 43.3 Å². The van der Waals surface area contributed by atoms with Crippen LogP contribution in [0, 0.1) is 6.92 Å². The largest absolute Gasteiger partial charge is 0.483 e. The van der Waals surface area contributed by atoms with Crippen LogP contribution in [-0.4, -0.2) is 26.7 Å². The van der Waals surface area contributed by atoms with Gasteiger partial charge in [-0.15, -0.1) is 0 Å². The van der Waals surface area contributed by atoms with Gasteiger partial charge >= 0.3 is 0 Å². The predicted octanol–water partition coefficient (Wildman–Crippen LogP) is 2.52. The van der Waals surface area contributed by atoms with Crippen molar-refractivity contribution in [1.82, 2.24) is 0 Å². The molecule has 0 aliphatic carbocycles. The molecule has 0 saturated carbocycles. The summed E-state index contributed by atoms with van der Waals surface area (Å²) < 4.78 is 32.9. The standard InChI is InChI=1S/C17H17ClN2O5S/c1-10-7-14(18)16(8-15(10)25-9-17(19)22)26(23,24)20-13-5-3-12(4-6-13)11(2)21/h3-8,20H,9H2,1-2H3,(H2,19,22). The number of nitrogens with one attached hydrogen (secondary N) is 1. The number of aryl methyl sites for hydroxylation is 1. The number of nitrogens with two attached hydrogens (primary N) is 1. The average molecular weight is 397 g/mol. The van der Waals surface area contributed by atoms with Gasteiger partial charge in [0.05, 0.1) is 5.02 Å². The number of primary amides is 1. The highest BCUT2D eigenvalue weighted by Crippen LogP contribution is 2.31. The number of rotatable bonds is 7. The average Bonchev–Trinajstić information content (AvgIpc) is 2.53. The Hall–Kier alpha value is -2.58. The molecule has 26 heavy (non-hydrogen) atoms. The predicted molar refractivity (Wildman–Crippen MR) is 98.1 cm³/mol. The van der Waals surface area contributed by atoms with Crippen molar-refractivity contribution in [3.63, 3.8) is 0 Å². The lowest BCUT2D eigenvalue weighted by atomic mass is 10.1. The van der Waals surface area contributed by atoms with Gasteiger partial charge in [0, 0.05) is 17.3 Å². The van der Waals surface area contributed by atoms with Gasteiger partial charge in [-0.1, -0.05) is 11.6 Å². The van der Waals surface area contributed by atoms with Crippen molar-refractivity contribution in [2.45, 2.75) is 18.7 Å². The van der Waals surface area contributed by atoms with E-state index in [2.05, 4.69) is 4.72 Å². The van der Waals surface area contributed by atoms with Crippen LogP contribution in [0.2, 0.25) is 5.02 Å². The molecule has 0 saturated heterocycles. The Kier molecular flexibility index (Phi) is 5.89. The van der Waals surface area contributed by atoms with Crippen molar-refractivity contribution >= 4 is 39.0 Å². The number of halogens is 1. The maximum Gasteiger partial charge on any atom is 0.263 e. The second-order valence-electron chi connectivity index (χ2n) is 5.54. The first-order chi connectivity index (χ1) is 12.1. The fraction of sp³-hybridized carbons (Fsp3) is 0.176. The lowest BCUT2D eigenvalue weighted by Crippen LogP contribution is -2.20. The fourth-order valence-corrected chi connectivity index (χ4v) is 3.78. The van der Waals surface area contributed by atoms with E-state index < -0.39 is 15.9 Å². The quantitative estimate of drug-likeness (QED) is 0.697. The minimum absolute atomic E-state index is 0.00165. The first-order valence-electron chi connectivity index (χ1n) is 7.45. The Bertz CT molecular complexity index is 956. The van der Waals surface area contributed by atoms with Gasteiger partial charge in [-0.2, -0.15) is 0 Å². The third-order valence-corrected chi connectivity index (χ3v) is 5.28. The molecule has 2 aromatic carbocycles. The molecule has 2 rings (SSSR count). The van der Waals surface area contributed by atoms with Crippen molar-refractivity contribution in [3.05, 3.63) is 52.5 Å². The van der Waals surface area contributed by atoms with Crippen LogP contribution >= 0.6 is 11.6 Å². The van der Waals surface area contributed by atoms with Gasteiger partial charge in [-0.05, 0) is 49.7 Å². The van der Waals surface area contributed by atoms with Gasteiger partial charge in [0.2, 0.25) is 0 Å². The van der Waals surface area contributed by atoms with E-state index in [9.17, 15) is 18.0 Å². The van der Waals surface area contributed by atoms with Crippen LogP contribution in [0.15, 0.2) is 41.3 Å². The van der Waals surface area contributed by atoms with Gasteiger partial charge in [0.15, 0.2) is 12.4 Å². The number of anilines is 1. The molecule has 0 fully saturated rings. The molecule has 2 aromatic rings. The summed E-state index contributed by atoms with van der Waals surface area (Å²) in [5.41, 5.74) is 6.32. The molecule has 138 valence electrons. The van der Waals surface area contributed by atoms with Crippen LogP contribution in [-0.2, 0) is 14.8 Å². The van der Waals surface area contributed by atoms with Crippen LogP contribution in [0.25, 0.3) is 0 Å². The van der Waals surface area contributed by atoms with Crippen LogP contribution < -0.4 is 15.2 Å². The second-order valence-corrected chi connectivity index (χ2v) is 7.60. The maximum absolute atomic E-state index is 12.6. The molecule has 0 spiro atoms. The summed E-state index contributed by atoms with van der Waals surface area (Å²) in [6.45, 7) is 2.69. The Morgan fingerprint density at radius 2 is 1.81 bits per heavy atom. The summed E-state index contributed by atoms with van der Waals surface area (Å²) in [5, 5.41) is 0.00165. The lowest BCUT2D eigenvalue weighted by molar-refractivity contribution is -0.119. The molecular weight excluding hydrogens is 380 g/mol. The zero-order valence-electron chi connectivity index (χ0n) is 14.1. The number of carbonyl (C=O) groups is 2. The molecular formula is C17H17ClN2O5S. The highest BCUT2D eigenvalue weighted by molar-refractivity contribution is 7.92. The summed E-state index contributed by atoms with van der Waals surface area (Å²) in [6.07, 6.45) is 0. The number of benzene rings is 2. The van der Waals surface area contributed by atoms with Crippen LogP contribution in [0.3, 0.4) is 0 Å². The number of Topliss-reactive ketones (excluding diaryl/α,β-unsaturated/α-hetero) is 1. The third kappa shape index (κ3) is 4.74. The maximum atomic E-state index is 12.6. The van der Waals surface area contributed by atoms with Crippen LogP contribution in [0.1, 0.15) is 22.8 Å². The zero-order valence-corrected chi connectivity index (χ0v) is 15.6. The summed E-state index contributed by atoms with van der Waals surface area (Å²) in [4.78, 5) is 21.9. The zero-order chi connectivity index (χ0) is 19.5. The van der Waals surface area contributed by atoms with E-state index in [0.717, 1.165) is 0 Å². The number of ether oxygens (including phenoxy) is 1. The summed E-state index contributed by atoms with van der Waals surface area (Å²) in [7, 11) is -4.02. The van der Waals surface area contributed by atoms with Gasteiger partial charge in [0.25, 0.3) is 15.9 Å². The number of hydrogen-bond acceptors (Lipinski definition) is 5. The lowest BCUT2D eigenvalue weighted by Gasteiger charge is -2.13. The molecule has 9 heteroatoms. The monoisotopic (exact) mass is 396 g/mol. The third-order valence-electron chi connectivity index (χ3n) is 3.43. The van der Waals surface area contributed by atoms with Crippen molar-refractivity contribution in [2.24, 2.45) is 5.73 Å². The molecule has 0 atom stereocenters. The minimum atomic E-state index is -4.02. The first kappa shape index (κ1) is 19.7. The highest BCUT2D eigenvalue weighted by Gasteiger charge is 2.21. The molecule has 0 bridgehead atoms. The van der Waals surface area contributed by atoms with Crippen molar-refractivity contribution < 1.29 is 22.7 Å². The van der Waals surface area contributed by atoms with Crippen molar-refractivity contribution in [3.8, 4) is 5.75 Å².